The average molecular weight is 321 g/mol. The van der Waals surface area contributed by atoms with E-state index >= 15 is 0 Å². The number of aromatic nitrogens is 3. The monoisotopic (exact) mass is 319 g/mol. The van der Waals surface area contributed by atoms with Crippen molar-refractivity contribution in [2.45, 2.75) is 0 Å². The molecular formula is C9H4BrCl2N3O. The molecule has 0 saturated heterocycles. The first-order valence-corrected chi connectivity index (χ1v) is 5.66. The Bertz CT molecular complexity index is 524. The number of pyridine rings is 1. The predicted octanol–water partition coefficient (Wildman–Crippen LogP) is 3.73. The van der Waals surface area contributed by atoms with Gasteiger partial charge < -0.3 is 4.74 Å². The molecule has 0 N–H and O–H groups in total. The Hall–Kier alpha value is -0.910. The smallest absolute Gasteiger partial charge is 0.238 e. The maximum Gasteiger partial charge on any atom is 0.238 e. The van der Waals surface area contributed by atoms with Crippen LogP contribution in [-0.2, 0) is 0 Å². The number of ether oxygens (including phenoxy) is 1. The average Bonchev–Trinajstić information content (AvgIpc) is 2.25. The lowest BCUT2D eigenvalue weighted by Crippen LogP contribution is -1.91. The van der Waals surface area contributed by atoms with Gasteiger partial charge in [-0.25, -0.2) is 9.97 Å². The Morgan fingerprint density at radius 1 is 1.19 bits per heavy atom. The highest BCUT2D eigenvalue weighted by molar-refractivity contribution is 9.10. The third-order valence-electron chi connectivity index (χ3n) is 1.61. The van der Waals surface area contributed by atoms with Gasteiger partial charge in [-0.2, -0.15) is 0 Å². The standard InChI is InChI=1S/C9H4BrCl2N3O/c10-7-8(12)14-4-15-9(7)16-6-1-5(11)2-13-3-6/h1-4H. The van der Waals surface area contributed by atoms with Gasteiger partial charge in [0.2, 0.25) is 5.88 Å². The molecule has 0 fully saturated rings. The van der Waals surface area contributed by atoms with Gasteiger partial charge >= 0.3 is 0 Å². The molecule has 4 nitrogen and oxygen atoms in total. The quantitative estimate of drug-likeness (QED) is 0.791. The lowest BCUT2D eigenvalue weighted by Gasteiger charge is -2.06. The van der Waals surface area contributed by atoms with E-state index in [1.807, 2.05) is 0 Å². The number of hydrogen-bond acceptors (Lipinski definition) is 4. The highest BCUT2D eigenvalue weighted by Crippen LogP contribution is 2.31. The molecule has 0 bridgehead atoms. The summed E-state index contributed by atoms with van der Waals surface area (Å²) in [5, 5.41) is 0.758. The van der Waals surface area contributed by atoms with Crippen LogP contribution in [0.5, 0.6) is 11.6 Å². The maximum atomic E-state index is 5.79. The summed E-state index contributed by atoms with van der Waals surface area (Å²) in [6.45, 7) is 0. The maximum absolute atomic E-state index is 5.79. The zero-order valence-corrected chi connectivity index (χ0v) is 10.8. The summed E-state index contributed by atoms with van der Waals surface area (Å²) in [6, 6.07) is 1.62. The highest BCUT2D eigenvalue weighted by Gasteiger charge is 2.09. The van der Waals surface area contributed by atoms with Gasteiger partial charge in [-0.05, 0) is 15.9 Å². The second-order valence-electron chi connectivity index (χ2n) is 2.72. The molecular weight excluding hydrogens is 317 g/mol. The van der Waals surface area contributed by atoms with E-state index in [2.05, 4.69) is 30.9 Å². The Labute approximate surface area is 110 Å². The lowest BCUT2D eigenvalue weighted by molar-refractivity contribution is 0.456. The first kappa shape index (κ1) is 11.6. The number of hydrogen-bond donors (Lipinski definition) is 0. The van der Waals surface area contributed by atoms with Gasteiger partial charge in [-0.15, -0.1) is 0 Å². The van der Waals surface area contributed by atoms with Crippen molar-refractivity contribution in [2.75, 3.05) is 0 Å². The molecule has 0 unspecified atom stereocenters. The van der Waals surface area contributed by atoms with Crippen LogP contribution in [0.4, 0.5) is 0 Å². The molecule has 7 heteroatoms. The fourth-order valence-electron chi connectivity index (χ4n) is 0.965. The van der Waals surface area contributed by atoms with Crippen LogP contribution in [0.3, 0.4) is 0 Å². The van der Waals surface area contributed by atoms with Crippen molar-refractivity contribution >= 4 is 39.1 Å². The van der Waals surface area contributed by atoms with Gasteiger partial charge in [0.05, 0.1) is 11.2 Å². The van der Waals surface area contributed by atoms with Crippen LogP contribution in [0, 0.1) is 0 Å². The summed E-state index contributed by atoms with van der Waals surface area (Å²) >= 11 is 14.8. The van der Waals surface area contributed by atoms with Crippen LogP contribution in [0.1, 0.15) is 0 Å². The molecule has 0 radical (unpaired) electrons. The Morgan fingerprint density at radius 3 is 2.75 bits per heavy atom. The van der Waals surface area contributed by atoms with E-state index in [1.165, 1.54) is 18.7 Å². The third-order valence-corrected chi connectivity index (χ3v) is 3.05. The molecule has 2 heterocycles. The van der Waals surface area contributed by atoms with Crippen LogP contribution < -0.4 is 4.74 Å². The molecule has 0 spiro atoms. The molecule has 0 saturated carbocycles. The van der Waals surface area contributed by atoms with Crippen molar-refractivity contribution < 1.29 is 4.74 Å². The van der Waals surface area contributed by atoms with Gasteiger partial charge in [-0.1, -0.05) is 23.2 Å². The van der Waals surface area contributed by atoms with Gasteiger partial charge in [0.25, 0.3) is 0 Å². The molecule has 0 aliphatic rings. The SMILES string of the molecule is Clc1cncc(Oc2ncnc(Cl)c2Br)c1. The Balaban J connectivity index is 2.31. The predicted molar refractivity (Wildman–Crippen MR) is 64.1 cm³/mol. The zero-order valence-electron chi connectivity index (χ0n) is 7.69. The minimum absolute atomic E-state index is 0.278. The zero-order chi connectivity index (χ0) is 11.5. The fraction of sp³-hybridized carbons (Fsp3) is 0. The van der Waals surface area contributed by atoms with Crippen molar-refractivity contribution in [2.24, 2.45) is 0 Å². The summed E-state index contributed by atoms with van der Waals surface area (Å²) < 4.78 is 5.92. The molecule has 0 aliphatic carbocycles. The Kier molecular flexibility index (Phi) is 3.58. The van der Waals surface area contributed by atoms with Crippen LogP contribution in [-0.4, -0.2) is 15.0 Å². The van der Waals surface area contributed by atoms with Gasteiger partial charge in [0.15, 0.2) is 5.15 Å². The summed E-state index contributed by atoms with van der Waals surface area (Å²) in [7, 11) is 0. The van der Waals surface area contributed by atoms with Crippen LogP contribution in [0.15, 0.2) is 29.3 Å². The molecule has 82 valence electrons. The molecule has 0 aliphatic heterocycles. The molecule has 0 atom stereocenters. The van der Waals surface area contributed by atoms with Crippen molar-refractivity contribution in [1.29, 1.82) is 0 Å². The fourth-order valence-corrected chi connectivity index (χ4v) is 1.54. The first-order chi connectivity index (χ1) is 7.66. The molecule has 2 aromatic rings. The largest absolute Gasteiger partial charge is 0.436 e. The van der Waals surface area contributed by atoms with E-state index in [4.69, 9.17) is 27.9 Å². The summed E-state index contributed by atoms with van der Waals surface area (Å²) in [5.41, 5.74) is 0. The minimum Gasteiger partial charge on any atom is -0.436 e. The summed E-state index contributed by atoms with van der Waals surface area (Å²) in [6.07, 6.45) is 4.34. The molecule has 2 rings (SSSR count). The van der Waals surface area contributed by atoms with Gasteiger partial charge in [0, 0.05) is 12.3 Å². The van der Waals surface area contributed by atoms with E-state index < -0.39 is 0 Å². The van der Waals surface area contributed by atoms with Crippen molar-refractivity contribution in [1.82, 2.24) is 15.0 Å². The third kappa shape index (κ3) is 2.61. The topological polar surface area (TPSA) is 47.9 Å². The lowest BCUT2D eigenvalue weighted by atomic mass is 10.4. The second-order valence-corrected chi connectivity index (χ2v) is 4.31. The molecule has 0 amide bonds. The van der Waals surface area contributed by atoms with Crippen LogP contribution in [0.25, 0.3) is 0 Å². The number of halogens is 3. The first-order valence-electron chi connectivity index (χ1n) is 4.11. The molecule has 0 aromatic carbocycles. The van der Waals surface area contributed by atoms with Crippen molar-refractivity contribution in [3.8, 4) is 11.6 Å². The normalized spacial score (nSPS) is 10.2. The van der Waals surface area contributed by atoms with Crippen LogP contribution in [0.2, 0.25) is 10.2 Å². The van der Waals surface area contributed by atoms with Gasteiger partial charge in [-0.3, -0.25) is 4.98 Å². The molecule has 16 heavy (non-hydrogen) atoms. The van der Waals surface area contributed by atoms with Crippen molar-refractivity contribution in [3.63, 3.8) is 0 Å². The minimum atomic E-state index is 0.278. The summed E-state index contributed by atoms with van der Waals surface area (Å²) in [5.74, 6) is 0.784. The van der Waals surface area contributed by atoms with E-state index in [-0.39, 0.29) is 5.15 Å². The van der Waals surface area contributed by atoms with Gasteiger partial charge in [0.1, 0.15) is 16.5 Å². The van der Waals surface area contributed by atoms with E-state index in [0.717, 1.165) is 0 Å². The van der Waals surface area contributed by atoms with E-state index in [9.17, 15) is 0 Å². The molecule has 2 aromatic heterocycles. The van der Waals surface area contributed by atoms with E-state index in [0.29, 0.717) is 21.1 Å². The summed E-state index contributed by atoms with van der Waals surface area (Å²) in [4.78, 5) is 11.6. The number of rotatable bonds is 2. The highest BCUT2D eigenvalue weighted by atomic mass is 79.9. The van der Waals surface area contributed by atoms with E-state index in [1.54, 1.807) is 6.07 Å². The van der Waals surface area contributed by atoms with Crippen molar-refractivity contribution in [3.05, 3.63) is 39.4 Å². The number of nitrogens with zero attached hydrogens (tertiary/aromatic N) is 3. The Morgan fingerprint density at radius 2 is 2.00 bits per heavy atom. The second kappa shape index (κ2) is 4.95. The van der Waals surface area contributed by atoms with Crippen LogP contribution >= 0.6 is 39.1 Å².